The average Bonchev–Trinajstić information content (AvgIpc) is 3.56. The van der Waals surface area contributed by atoms with E-state index in [0.717, 1.165) is 38.5 Å². The molecule has 0 aliphatic carbocycles. The summed E-state index contributed by atoms with van der Waals surface area (Å²) < 4.78 is 0. The maximum absolute atomic E-state index is 13.8. The molecule has 2 saturated heterocycles. The first kappa shape index (κ1) is 43.6. The molecule has 0 aromatic heterocycles. The molecule has 2 aliphatic rings. The van der Waals surface area contributed by atoms with Crippen molar-refractivity contribution in [2.24, 2.45) is 17.8 Å². The molecule has 14 heteroatoms. The Balaban J connectivity index is 2.44. The molecule has 6 amide bonds. The number of nitrogens with zero attached hydrogens (tertiary/aromatic N) is 1. The maximum atomic E-state index is 13.8. The van der Waals surface area contributed by atoms with Crippen molar-refractivity contribution in [2.45, 2.75) is 162 Å². The molecule has 14 nitrogen and oxygen atoms in total. The van der Waals surface area contributed by atoms with Crippen LogP contribution in [0, 0.1) is 17.8 Å². The van der Waals surface area contributed by atoms with Gasteiger partial charge in [-0.1, -0.05) is 80.1 Å². The number of aliphatic hydroxyl groups excluding tert-OH is 1. The second-order valence-corrected chi connectivity index (χ2v) is 14.9. The fraction of sp³-hybridized carbons (Fsp3) is 0.811. The number of hydrogen-bond donors (Lipinski definition) is 6. The van der Waals surface area contributed by atoms with Gasteiger partial charge in [-0.05, 0) is 50.9 Å². The largest absolute Gasteiger partial charge is 0.390 e. The Labute approximate surface area is 303 Å². The van der Waals surface area contributed by atoms with E-state index in [1.54, 1.807) is 20.8 Å². The van der Waals surface area contributed by atoms with Crippen LogP contribution in [0.25, 0.3) is 0 Å². The molecule has 0 bridgehead atoms. The highest BCUT2D eigenvalue weighted by molar-refractivity contribution is 6.04. The summed E-state index contributed by atoms with van der Waals surface area (Å²) in [7, 11) is 0. The van der Waals surface area contributed by atoms with Crippen LogP contribution in [0.3, 0.4) is 0 Å². The van der Waals surface area contributed by atoms with Gasteiger partial charge in [-0.3, -0.25) is 33.6 Å². The number of fused-ring (bicyclic) bond motifs is 1. The molecule has 6 N–H and O–H groups in total. The Morgan fingerprint density at radius 2 is 1.41 bits per heavy atom. The first-order chi connectivity index (χ1) is 24.1. The van der Waals surface area contributed by atoms with E-state index in [1.807, 2.05) is 13.8 Å². The van der Waals surface area contributed by atoms with E-state index in [1.165, 1.54) is 11.8 Å². The zero-order valence-corrected chi connectivity index (χ0v) is 31.8. The summed E-state index contributed by atoms with van der Waals surface area (Å²) in [6.07, 6.45) is 6.38. The van der Waals surface area contributed by atoms with Crippen molar-refractivity contribution in [3.05, 3.63) is 0 Å². The smallest absolute Gasteiger partial charge is 0.245 e. The number of carbonyl (C=O) groups is 7. The molecule has 0 saturated carbocycles. The summed E-state index contributed by atoms with van der Waals surface area (Å²) >= 11 is 0. The van der Waals surface area contributed by atoms with Crippen LogP contribution in [-0.4, -0.2) is 101 Å². The number of Topliss-reactive ketones (excluding diaryl/α,β-unsaturated/α-hetero) is 1. The molecule has 51 heavy (non-hydrogen) atoms. The van der Waals surface area contributed by atoms with Gasteiger partial charge in [-0.2, -0.15) is 0 Å². The lowest BCUT2D eigenvalue weighted by Gasteiger charge is -2.31. The van der Waals surface area contributed by atoms with Gasteiger partial charge in [0.1, 0.15) is 41.9 Å². The van der Waals surface area contributed by atoms with Crippen LogP contribution in [0.15, 0.2) is 0 Å². The van der Waals surface area contributed by atoms with Crippen molar-refractivity contribution in [1.29, 1.82) is 0 Å². The van der Waals surface area contributed by atoms with Gasteiger partial charge in [0.2, 0.25) is 35.4 Å². The molecule has 0 unspecified atom stereocenters. The van der Waals surface area contributed by atoms with E-state index in [0.29, 0.717) is 19.3 Å². The maximum Gasteiger partial charge on any atom is 0.245 e. The molecular formula is C37H64N6O8. The number of aliphatic hydroxyl groups is 1. The fourth-order valence-corrected chi connectivity index (χ4v) is 6.68. The van der Waals surface area contributed by atoms with Crippen molar-refractivity contribution in [2.75, 3.05) is 13.1 Å². The van der Waals surface area contributed by atoms with Crippen molar-refractivity contribution in [3.63, 3.8) is 0 Å². The number of rotatable bonds is 13. The monoisotopic (exact) mass is 720 g/mol. The molecule has 7 atom stereocenters. The first-order valence-corrected chi connectivity index (χ1v) is 19.1. The van der Waals surface area contributed by atoms with Gasteiger partial charge < -0.3 is 36.6 Å². The minimum Gasteiger partial charge on any atom is -0.390 e. The zero-order valence-electron chi connectivity index (χ0n) is 31.8. The molecule has 2 aliphatic heterocycles. The molecule has 2 rings (SSSR count). The van der Waals surface area contributed by atoms with Crippen LogP contribution in [0.5, 0.6) is 0 Å². The Morgan fingerprint density at radius 1 is 0.784 bits per heavy atom. The van der Waals surface area contributed by atoms with Crippen LogP contribution < -0.4 is 26.6 Å². The Kier molecular flexibility index (Phi) is 18.6. The van der Waals surface area contributed by atoms with Crippen LogP contribution in [0.4, 0.5) is 0 Å². The normalized spacial score (nSPS) is 27.7. The van der Waals surface area contributed by atoms with Crippen LogP contribution in [0.2, 0.25) is 0 Å². The number of β-amino-alcohol motifs (C(OH)–C–C–N with tert-alkyl or cyclic N) is 1. The van der Waals surface area contributed by atoms with Gasteiger partial charge in [0.25, 0.3) is 0 Å². The molecule has 0 spiro atoms. The predicted molar refractivity (Wildman–Crippen MR) is 193 cm³/mol. The van der Waals surface area contributed by atoms with Gasteiger partial charge in [0.05, 0.1) is 6.10 Å². The van der Waals surface area contributed by atoms with Gasteiger partial charge >= 0.3 is 0 Å². The molecule has 0 radical (unpaired) electrons. The number of amides is 6. The predicted octanol–water partition coefficient (Wildman–Crippen LogP) is 1.87. The minimum absolute atomic E-state index is 0.0381. The number of hydrogen-bond acceptors (Lipinski definition) is 8. The number of unbranched alkanes of at least 4 members (excludes halogenated alkanes) is 6. The Bertz CT molecular complexity index is 1210. The highest BCUT2D eigenvalue weighted by atomic mass is 16.3. The van der Waals surface area contributed by atoms with E-state index in [4.69, 9.17) is 0 Å². The highest BCUT2D eigenvalue weighted by Crippen LogP contribution is 2.20. The lowest BCUT2D eigenvalue weighted by molar-refractivity contribution is -0.143. The molecule has 2 fully saturated rings. The Morgan fingerprint density at radius 3 is 2.02 bits per heavy atom. The number of ketones is 1. The standard InChI is InChI=1S/C37H64N6O8/c1-8-10-11-12-13-14-15-18-28(44)30-29(45)21-38-32(46)25(9-2)40-36(50)31(23(5)6)42-34(48)27-17-16-19-43(27)37(51)24(7)39-33(47)26(20-22(3)4)41-35(30)49/h22-27,29-31,45H,8-21H2,1-7H3,(H,38,46)(H,39,47)(H,40,50)(H,41,49)(H,42,48)/t24-,25+,26+,27+,29+,30+,31+/m1/s1. The molecule has 0 aromatic rings. The van der Waals surface area contributed by atoms with Crippen LogP contribution in [0.1, 0.15) is 126 Å². The van der Waals surface area contributed by atoms with Crippen molar-refractivity contribution in [3.8, 4) is 0 Å². The van der Waals surface area contributed by atoms with Crippen molar-refractivity contribution >= 4 is 41.2 Å². The summed E-state index contributed by atoms with van der Waals surface area (Å²) in [5, 5.41) is 24.6. The quantitative estimate of drug-likeness (QED) is 0.122. The van der Waals surface area contributed by atoms with Crippen molar-refractivity contribution in [1.82, 2.24) is 31.5 Å². The second-order valence-electron chi connectivity index (χ2n) is 14.9. The summed E-state index contributed by atoms with van der Waals surface area (Å²) in [4.78, 5) is 96.1. The lowest BCUT2D eigenvalue weighted by atomic mass is 9.91. The molecule has 0 aromatic carbocycles. The van der Waals surface area contributed by atoms with Crippen molar-refractivity contribution < 1.29 is 38.7 Å². The van der Waals surface area contributed by atoms with Gasteiger partial charge in [-0.25, -0.2) is 0 Å². The first-order valence-electron chi connectivity index (χ1n) is 19.1. The average molecular weight is 721 g/mol. The summed E-state index contributed by atoms with van der Waals surface area (Å²) in [5.74, 6) is -6.23. The topological polar surface area (TPSA) is 203 Å². The fourth-order valence-electron chi connectivity index (χ4n) is 6.68. The molecule has 2 heterocycles. The van der Waals surface area contributed by atoms with Gasteiger partial charge in [0.15, 0.2) is 0 Å². The second kappa shape index (κ2) is 21.7. The highest BCUT2D eigenvalue weighted by Gasteiger charge is 2.40. The number of nitrogens with one attached hydrogen (secondary N) is 5. The van der Waals surface area contributed by atoms with E-state index in [-0.39, 0.29) is 37.6 Å². The third-order valence-corrected chi connectivity index (χ3v) is 9.72. The minimum atomic E-state index is -1.62. The summed E-state index contributed by atoms with van der Waals surface area (Å²) in [6.45, 7) is 12.4. The van der Waals surface area contributed by atoms with Gasteiger partial charge in [0, 0.05) is 19.5 Å². The van der Waals surface area contributed by atoms with E-state index >= 15 is 0 Å². The Hall–Kier alpha value is -3.55. The third kappa shape index (κ3) is 13.5. The summed E-state index contributed by atoms with van der Waals surface area (Å²) in [6, 6.07) is -5.09. The third-order valence-electron chi connectivity index (χ3n) is 9.72. The van der Waals surface area contributed by atoms with Crippen LogP contribution >= 0.6 is 0 Å². The SMILES string of the molecule is CCCCCCCCCC(=O)[C@@H]1C(=O)N[C@@H](CC(C)C)C(=O)N[C@H](C)C(=O)N2CCC[C@H]2C(=O)N[C@@H](C(C)C)C(=O)N[C@@H](CC)C(=O)NC[C@@H]1O. The molecular weight excluding hydrogens is 656 g/mol. The van der Waals surface area contributed by atoms with E-state index in [9.17, 15) is 38.7 Å². The summed E-state index contributed by atoms with van der Waals surface area (Å²) in [5.41, 5.74) is 0. The van der Waals surface area contributed by atoms with E-state index < -0.39 is 90.0 Å². The zero-order chi connectivity index (χ0) is 38.2. The van der Waals surface area contributed by atoms with E-state index in [2.05, 4.69) is 33.5 Å². The van der Waals surface area contributed by atoms with Gasteiger partial charge in [-0.15, -0.1) is 0 Å². The molecule has 290 valence electrons. The number of carbonyl (C=O) groups excluding carboxylic acids is 7. The van der Waals surface area contributed by atoms with Crippen LogP contribution in [-0.2, 0) is 33.6 Å². The lowest BCUT2D eigenvalue weighted by Crippen LogP contribution is -2.60.